The minimum absolute atomic E-state index is 0. The van der Waals surface area contributed by atoms with Gasteiger partial charge in [-0.15, -0.1) is 0 Å². The van der Waals surface area contributed by atoms with E-state index in [9.17, 15) is 81.5 Å². The van der Waals surface area contributed by atoms with Crippen molar-refractivity contribution in [3.05, 3.63) is 0 Å². The van der Waals surface area contributed by atoms with Gasteiger partial charge in [0.15, 0.2) is 34.7 Å². The van der Waals surface area contributed by atoms with Gasteiger partial charge in [-0.2, -0.15) is 0 Å². The van der Waals surface area contributed by atoms with Crippen LogP contribution in [0.3, 0.4) is 0 Å². The van der Waals surface area contributed by atoms with Crippen molar-refractivity contribution in [2.24, 2.45) is 40.4 Å². The Morgan fingerprint density at radius 2 is 0.520 bits per heavy atom. The molecular formula is C87H153N3O33. The van der Waals surface area contributed by atoms with Crippen molar-refractivity contribution >= 4 is 99.2 Å². The Balaban J connectivity index is -0.000000517. The minimum atomic E-state index is -1.08. The summed E-state index contributed by atoms with van der Waals surface area (Å²) in [5.74, 6) is -6.95. The first-order valence-corrected chi connectivity index (χ1v) is 42.2. The van der Waals surface area contributed by atoms with E-state index < -0.39 is 41.1 Å². The molecule has 0 aromatic heterocycles. The van der Waals surface area contributed by atoms with Crippen LogP contribution in [0.4, 0.5) is 0 Å². The smallest absolute Gasteiger partial charge is 0.306 e. The summed E-state index contributed by atoms with van der Waals surface area (Å²) in [6, 6.07) is 0. The molecule has 0 saturated carbocycles. The molecule has 0 aromatic carbocycles. The summed E-state index contributed by atoms with van der Waals surface area (Å²) >= 11 is 0. The highest BCUT2D eigenvalue weighted by Gasteiger charge is 2.25. The molecule has 0 unspecified atom stereocenters. The van der Waals surface area contributed by atoms with Gasteiger partial charge in [-0.1, -0.05) is 83.6 Å². The van der Waals surface area contributed by atoms with Crippen molar-refractivity contribution in [1.82, 2.24) is 16.0 Å². The molecule has 0 fully saturated rings. The van der Waals surface area contributed by atoms with E-state index in [1.807, 2.05) is 76.2 Å². The molecule has 0 heterocycles. The summed E-state index contributed by atoms with van der Waals surface area (Å²) in [6.45, 7) is 32.1. The summed E-state index contributed by atoms with van der Waals surface area (Å²) in [5, 5.41) is 35.0. The average Bonchev–Trinajstić information content (AvgIpc) is 0.925. The highest BCUT2D eigenvalue weighted by atomic mass is 16.6. The third-order valence-electron chi connectivity index (χ3n) is 17.1. The van der Waals surface area contributed by atoms with Crippen LogP contribution in [0.2, 0.25) is 0 Å². The number of Topliss-reactive ketones (excluding diaryl/α,β-unsaturated/α-hetero) is 11. The van der Waals surface area contributed by atoms with Crippen molar-refractivity contribution in [1.29, 1.82) is 0 Å². The Labute approximate surface area is 728 Å². The Bertz CT molecular complexity index is 2850. The van der Waals surface area contributed by atoms with E-state index in [-0.39, 0.29) is 283 Å². The Morgan fingerprint density at radius 3 is 0.764 bits per heavy atom. The fraction of sp³-hybridized carbons (Fsp3) is 0.805. The van der Waals surface area contributed by atoms with Gasteiger partial charge in [-0.3, -0.25) is 67.1 Å². The second-order valence-corrected chi connectivity index (χ2v) is 31.4. The van der Waals surface area contributed by atoms with E-state index in [1.165, 1.54) is 20.8 Å². The molecule has 0 saturated heterocycles. The fourth-order valence-electron chi connectivity index (χ4n) is 9.41. The van der Waals surface area contributed by atoms with Gasteiger partial charge < -0.3 is 107 Å². The molecule has 6 N–H and O–H groups in total. The second-order valence-electron chi connectivity index (χ2n) is 31.4. The summed E-state index contributed by atoms with van der Waals surface area (Å²) in [5.41, 5.74) is -0.691. The molecule has 36 nitrogen and oxygen atoms in total. The molecule has 0 aromatic rings. The lowest BCUT2D eigenvalue weighted by molar-refractivity contribution is -0.144. The van der Waals surface area contributed by atoms with E-state index in [1.54, 1.807) is 0 Å². The zero-order valence-electron chi connectivity index (χ0n) is 75.4. The first-order chi connectivity index (χ1) is 57.6. The highest BCUT2D eigenvalue weighted by Crippen LogP contribution is 2.18. The fourth-order valence-corrected chi connectivity index (χ4v) is 9.41. The zero-order valence-corrected chi connectivity index (χ0v) is 75.4. The van der Waals surface area contributed by atoms with Crippen LogP contribution < -0.4 is 16.0 Å². The van der Waals surface area contributed by atoms with Gasteiger partial charge in [0.1, 0.15) is 68.6 Å². The van der Waals surface area contributed by atoms with E-state index in [0.717, 1.165) is 6.42 Å². The van der Waals surface area contributed by atoms with Crippen molar-refractivity contribution < 1.29 is 158 Å². The van der Waals surface area contributed by atoms with Crippen molar-refractivity contribution in [2.45, 2.75) is 226 Å². The molecule has 0 radical (unpaired) electrons. The monoisotopic (exact) mass is 1770 g/mol. The number of amides is 3. The van der Waals surface area contributed by atoms with Crippen LogP contribution in [0.15, 0.2) is 0 Å². The molecule has 36 heteroatoms. The maximum absolute atomic E-state index is 11.8. The highest BCUT2D eigenvalue weighted by molar-refractivity contribution is 5.87. The van der Waals surface area contributed by atoms with Crippen LogP contribution >= 0.6 is 0 Å². The number of carboxylic acids is 3. The number of aliphatic carboxylic acids is 3. The number of carbonyl (C=O) groups excluding carboxylic acids is 14. The third kappa shape index (κ3) is 87.9. The number of carbonyl (C=O) groups is 17. The molecule has 0 spiro atoms. The van der Waals surface area contributed by atoms with E-state index >= 15 is 0 Å². The maximum Gasteiger partial charge on any atom is 0.306 e. The van der Waals surface area contributed by atoms with Crippen LogP contribution in [0.25, 0.3) is 0 Å². The van der Waals surface area contributed by atoms with Crippen molar-refractivity contribution in [2.75, 3.05) is 191 Å². The molecular weight excluding hydrogens is 1610 g/mol. The third-order valence-corrected chi connectivity index (χ3v) is 17.1. The SMILES string of the molecule is C.CC(=O)C[C@@H](CCC(=O)NCCOCCOCC(=O)CCCOCCOCC(=O)C(C)(C)C)C(=O)O.CC(=O)C[C@@H](CCC(=O)NCCOCCOCC(=O)CCCOCCOCC(=O)C(C)C)C(=O)O.CC(=O)C[C@@H](CCC(=O)NCCOCCOCC(=O)CCCOCCOCC(=O)C(C)C)C(=O)O.CCC(=O)CCCOCCC(=O)C(C)(C)C. The lowest BCUT2D eigenvalue weighted by atomic mass is 9.89. The number of ketones is 11. The van der Waals surface area contributed by atoms with Gasteiger partial charge in [-0.25, -0.2) is 0 Å². The quantitative estimate of drug-likeness (QED) is 0.0323. The molecule has 714 valence electrons. The normalized spacial score (nSPS) is 11.8. The van der Waals surface area contributed by atoms with Crippen LogP contribution in [0.1, 0.15) is 226 Å². The van der Waals surface area contributed by atoms with Crippen LogP contribution in [0.5, 0.6) is 0 Å². The first-order valence-electron chi connectivity index (χ1n) is 42.2. The number of hydrogen-bond acceptors (Lipinski definition) is 30. The number of carboxylic acid groups (broad SMARTS) is 3. The van der Waals surface area contributed by atoms with E-state index in [2.05, 4.69) is 16.0 Å². The lowest BCUT2D eigenvalue weighted by Crippen LogP contribution is -2.29. The molecule has 0 aliphatic carbocycles. The van der Waals surface area contributed by atoms with Crippen LogP contribution in [0, 0.1) is 40.4 Å². The molecule has 3 amide bonds. The van der Waals surface area contributed by atoms with Gasteiger partial charge in [0.05, 0.1) is 123 Å². The van der Waals surface area contributed by atoms with Crippen LogP contribution in [-0.4, -0.2) is 306 Å². The minimum Gasteiger partial charge on any atom is -0.481 e. The van der Waals surface area contributed by atoms with Gasteiger partial charge >= 0.3 is 17.9 Å². The molecule has 123 heavy (non-hydrogen) atoms. The zero-order chi connectivity index (χ0) is 93.0. The Morgan fingerprint density at radius 1 is 0.285 bits per heavy atom. The summed E-state index contributed by atoms with van der Waals surface area (Å²) in [6.07, 6.45) is 5.27. The molecule has 0 rings (SSSR count). The number of rotatable bonds is 79. The van der Waals surface area contributed by atoms with Crippen molar-refractivity contribution in [3.63, 3.8) is 0 Å². The van der Waals surface area contributed by atoms with Gasteiger partial charge in [-0.05, 0) is 65.7 Å². The van der Waals surface area contributed by atoms with Crippen LogP contribution in [-0.2, 0) is 143 Å². The van der Waals surface area contributed by atoms with E-state index in [0.29, 0.717) is 130 Å². The molecule has 0 bridgehead atoms. The standard InChI is InChI=1S/C25H43NO10.2C24H41NO10.C13H24O3.CH4/c1-19(27)16-20(24(31)32)7-8-23(30)26-9-11-34-13-14-35-17-21(28)6-5-10-33-12-15-36-18-22(29)25(2,3)4;2*1-18(2)22(28)17-35-14-11-32-9-4-5-21(27)16-34-13-12-33-10-8-25-23(29)7-6-20(24(30)31)15-19(3)26;1-5-11(14)7-6-9-16-10-8-12(15)13(2,3)4;/h20H,5-18H2,1-4H3,(H,26,30)(H,31,32);2*18,20H,4-17H2,1-3H3,(H,25,29)(H,30,31);5-10H2,1-4H3;1H4/t3*20-;;/m111../s1. The first kappa shape index (κ1) is 124. The average molecular weight is 1770 g/mol. The maximum atomic E-state index is 11.8. The topological polar surface area (TPSA) is 507 Å². The Kier molecular flexibility index (Phi) is 82.5. The van der Waals surface area contributed by atoms with Gasteiger partial charge in [0, 0.05) is 146 Å². The molecule has 0 aliphatic rings. The molecule has 3 atom stereocenters. The summed E-state index contributed by atoms with van der Waals surface area (Å²) < 4.78 is 68.8. The predicted octanol–water partition coefficient (Wildman–Crippen LogP) is 7.40. The van der Waals surface area contributed by atoms with Gasteiger partial charge in [0.2, 0.25) is 17.7 Å². The number of nitrogens with one attached hydrogen (secondary N) is 3. The number of ether oxygens (including phenoxy) is 13. The number of hydrogen-bond donors (Lipinski definition) is 6. The summed E-state index contributed by atoms with van der Waals surface area (Å²) in [7, 11) is 0. The van der Waals surface area contributed by atoms with Crippen molar-refractivity contribution in [3.8, 4) is 0 Å². The lowest BCUT2D eigenvalue weighted by Gasteiger charge is -2.16. The molecule has 0 aliphatic heterocycles. The Hall–Kier alpha value is -7.33. The van der Waals surface area contributed by atoms with E-state index in [4.69, 9.17) is 76.9 Å². The second kappa shape index (κ2) is 81.7. The largest absolute Gasteiger partial charge is 0.481 e. The van der Waals surface area contributed by atoms with Gasteiger partial charge in [0.25, 0.3) is 0 Å². The summed E-state index contributed by atoms with van der Waals surface area (Å²) in [4.78, 5) is 194. The predicted molar refractivity (Wildman–Crippen MR) is 454 cm³/mol.